The third kappa shape index (κ3) is 4.79. The molecule has 1 fully saturated rings. The van der Waals surface area contributed by atoms with Crippen LogP contribution >= 0.6 is 0 Å². The van der Waals surface area contributed by atoms with Crippen LogP contribution in [-0.4, -0.2) is 18.8 Å². The average molecular weight is 247 g/mol. The summed E-state index contributed by atoms with van der Waals surface area (Å²) in [6.07, 6.45) is 8.60. The highest BCUT2D eigenvalue weighted by Crippen LogP contribution is 2.20. The molecule has 0 radical (unpaired) electrons. The molecular weight excluding hydrogens is 222 g/mol. The highest BCUT2D eigenvalue weighted by Gasteiger charge is 2.18. The summed E-state index contributed by atoms with van der Waals surface area (Å²) in [5.74, 6) is 0. The van der Waals surface area contributed by atoms with Crippen molar-refractivity contribution in [2.75, 3.05) is 6.61 Å². The van der Waals surface area contributed by atoms with Gasteiger partial charge in [-0.1, -0.05) is 30.3 Å². The lowest BCUT2D eigenvalue weighted by Crippen LogP contribution is -2.30. The minimum atomic E-state index is 0.419. The minimum Gasteiger partial charge on any atom is -0.378 e. The molecule has 0 saturated heterocycles. The fourth-order valence-electron chi connectivity index (χ4n) is 2.58. The fraction of sp³-hybridized carbons (Fsp3) is 0.625. The van der Waals surface area contributed by atoms with Gasteiger partial charge in [-0.2, -0.15) is 0 Å². The van der Waals surface area contributed by atoms with Crippen LogP contribution in [-0.2, 0) is 11.2 Å². The van der Waals surface area contributed by atoms with Gasteiger partial charge in [0.15, 0.2) is 0 Å². The molecule has 0 unspecified atom stereocenters. The second-order valence-electron chi connectivity index (χ2n) is 5.35. The Hall–Kier alpha value is -0.860. The van der Waals surface area contributed by atoms with Crippen LogP contribution in [0.4, 0.5) is 0 Å². The van der Waals surface area contributed by atoms with Gasteiger partial charge in [-0.3, -0.25) is 0 Å². The Labute approximate surface area is 111 Å². The zero-order valence-electron chi connectivity index (χ0n) is 11.2. The first kappa shape index (κ1) is 13.6. The first-order valence-corrected chi connectivity index (χ1v) is 7.25. The number of hydrogen-bond acceptors (Lipinski definition) is 2. The number of hydrogen-bond donors (Lipinski definition) is 1. The van der Waals surface area contributed by atoms with Crippen molar-refractivity contribution >= 4 is 0 Å². The van der Waals surface area contributed by atoms with E-state index in [1.54, 1.807) is 0 Å². The summed E-state index contributed by atoms with van der Waals surface area (Å²) in [7, 11) is 0. The van der Waals surface area contributed by atoms with Crippen molar-refractivity contribution < 1.29 is 4.74 Å². The van der Waals surface area contributed by atoms with Crippen LogP contribution in [0.5, 0.6) is 0 Å². The Morgan fingerprint density at radius 1 is 1.00 bits per heavy atom. The number of aryl methyl sites for hydroxylation is 1. The van der Waals surface area contributed by atoms with Crippen LogP contribution in [0.15, 0.2) is 30.3 Å². The molecule has 0 spiro atoms. The van der Waals surface area contributed by atoms with Crippen molar-refractivity contribution in [3.63, 3.8) is 0 Å². The van der Waals surface area contributed by atoms with E-state index in [-0.39, 0.29) is 0 Å². The maximum absolute atomic E-state index is 5.91. The molecule has 0 heterocycles. The van der Waals surface area contributed by atoms with Crippen LogP contribution in [0.3, 0.4) is 0 Å². The molecule has 0 aromatic heterocycles. The third-order valence-electron chi connectivity index (χ3n) is 3.78. The van der Waals surface area contributed by atoms with Crippen molar-refractivity contribution in [3.05, 3.63) is 35.9 Å². The van der Waals surface area contributed by atoms with Crippen LogP contribution < -0.4 is 5.73 Å². The zero-order valence-corrected chi connectivity index (χ0v) is 11.2. The van der Waals surface area contributed by atoms with E-state index < -0.39 is 0 Å². The summed E-state index contributed by atoms with van der Waals surface area (Å²) in [6, 6.07) is 11.1. The zero-order chi connectivity index (χ0) is 12.6. The summed E-state index contributed by atoms with van der Waals surface area (Å²) >= 11 is 0. The highest BCUT2D eigenvalue weighted by molar-refractivity contribution is 5.14. The molecule has 1 aliphatic rings. The van der Waals surface area contributed by atoms with Gasteiger partial charge in [-0.25, -0.2) is 0 Å². The predicted octanol–water partition coefficient (Wildman–Crippen LogP) is 3.30. The molecule has 1 aromatic rings. The fourth-order valence-corrected chi connectivity index (χ4v) is 2.58. The van der Waals surface area contributed by atoms with E-state index in [0.717, 1.165) is 38.7 Å². The molecular formula is C16H25NO. The monoisotopic (exact) mass is 247 g/mol. The number of benzene rings is 1. The van der Waals surface area contributed by atoms with Crippen molar-refractivity contribution in [2.24, 2.45) is 5.73 Å². The van der Waals surface area contributed by atoms with Crippen molar-refractivity contribution in [1.82, 2.24) is 0 Å². The van der Waals surface area contributed by atoms with Crippen molar-refractivity contribution in [3.8, 4) is 0 Å². The lowest BCUT2D eigenvalue weighted by molar-refractivity contribution is 0.0233. The van der Waals surface area contributed by atoms with E-state index in [1.807, 2.05) is 0 Å². The number of rotatable bonds is 6. The van der Waals surface area contributed by atoms with E-state index in [0.29, 0.717) is 12.1 Å². The Balaban J connectivity index is 1.51. The standard InChI is InChI=1S/C16H25NO/c17-15-9-11-16(12-10-15)18-13-5-4-8-14-6-2-1-3-7-14/h1-3,6-7,15-16H,4-5,8-13,17H2. The average Bonchev–Trinajstić information content (AvgIpc) is 2.42. The smallest absolute Gasteiger partial charge is 0.0576 e. The van der Waals surface area contributed by atoms with E-state index in [4.69, 9.17) is 10.5 Å². The van der Waals surface area contributed by atoms with Gasteiger partial charge in [0.05, 0.1) is 6.10 Å². The van der Waals surface area contributed by atoms with Gasteiger partial charge in [0.25, 0.3) is 0 Å². The molecule has 2 nitrogen and oxygen atoms in total. The lowest BCUT2D eigenvalue weighted by atomic mass is 9.94. The molecule has 2 heteroatoms. The maximum Gasteiger partial charge on any atom is 0.0576 e. The summed E-state index contributed by atoms with van der Waals surface area (Å²) in [5.41, 5.74) is 7.31. The topological polar surface area (TPSA) is 35.2 Å². The van der Waals surface area contributed by atoms with Crippen LogP contribution in [0.25, 0.3) is 0 Å². The normalized spacial score (nSPS) is 24.1. The first-order valence-electron chi connectivity index (χ1n) is 7.25. The highest BCUT2D eigenvalue weighted by atomic mass is 16.5. The van der Waals surface area contributed by atoms with Gasteiger partial charge < -0.3 is 10.5 Å². The van der Waals surface area contributed by atoms with Crippen molar-refractivity contribution in [2.45, 2.75) is 57.1 Å². The van der Waals surface area contributed by atoms with Gasteiger partial charge in [-0.05, 0) is 50.5 Å². The van der Waals surface area contributed by atoms with Gasteiger partial charge in [0.1, 0.15) is 0 Å². The van der Waals surface area contributed by atoms with Crippen LogP contribution in [0.1, 0.15) is 44.1 Å². The van der Waals surface area contributed by atoms with Crippen LogP contribution in [0.2, 0.25) is 0 Å². The largest absolute Gasteiger partial charge is 0.378 e. The molecule has 2 rings (SSSR count). The SMILES string of the molecule is NC1CCC(OCCCCc2ccccc2)CC1. The Bertz CT molecular complexity index is 317. The van der Waals surface area contributed by atoms with E-state index >= 15 is 0 Å². The molecule has 1 aliphatic carbocycles. The number of unbranched alkanes of at least 4 members (excludes halogenated alkanes) is 1. The Morgan fingerprint density at radius 3 is 2.44 bits per heavy atom. The van der Waals surface area contributed by atoms with Gasteiger partial charge in [0.2, 0.25) is 0 Å². The quantitative estimate of drug-likeness (QED) is 0.783. The summed E-state index contributed by atoms with van der Waals surface area (Å²) in [5, 5.41) is 0. The van der Waals surface area contributed by atoms with Crippen LogP contribution in [0, 0.1) is 0 Å². The predicted molar refractivity (Wildman–Crippen MR) is 75.6 cm³/mol. The Kier molecular flexibility index (Phi) is 5.69. The second kappa shape index (κ2) is 7.55. The van der Waals surface area contributed by atoms with Gasteiger partial charge >= 0.3 is 0 Å². The summed E-state index contributed by atoms with van der Waals surface area (Å²) in [6.45, 7) is 0.909. The molecule has 1 aromatic carbocycles. The second-order valence-corrected chi connectivity index (χ2v) is 5.35. The Morgan fingerprint density at radius 2 is 1.72 bits per heavy atom. The minimum absolute atomic E-state index is 0.419. The first-order chi connectivity index (χ1) is 8.84. The molecule has 0 aliphatic heterocycles. The van der Waals surface area contributed by atoms with Gasteiger partial charge in [-0.15, -0.1) is 0 Å². The van der Waals surface area contributed by atoms with E-state index in [1.165, 1.54) is 18.4 Å². The van der Waals surface area contributed by atoms with E-state index in [9.17, 15) is 0 Å². The molecule has 0 bridgehead atoms. The maximum atomic E-state index is 5.91. The molecule has 2 N–H and O–H groups in total. The van der Waals surface area contributed by atoms with Crippen molar-refractivity contribution in [1.29, 1.82) is 0 Å². The third-order valence-corrected chi connectivity index (χ3v) is 3.78. The number of ether oxygens (including phenoxy) is 1. The molecule has 18 heavy (non-hydrogen) atoms. The van der Waals surface area contributed by atoms with Gasteiger partial charge in [0, 0.05) is 12.6 Å². The molecule has 100 valence electrons. The molecule has 0 atom stereocenters. The van der Waals surface area contributed by atoms with E-state index in [2.05, 4.69) is 30.3 Å². The molecule has 0 amide bonds. The molecule has 1 saturated carbocycles. The summed E-state index contributed by atoms with van der Waals surface area (Å²) < 4.78 is 5.91. The number of nitrogens with two attached hydrogens (primary N) is 1. The lowest BCUT2D eigenvalue weighted by Gasteiger charge is -2.26. The summed E-state index contributed by atoms with van der Waals surface area (Å²) in [4.78, 5) is 0.